The van der Waals surface area contributed by atoms with Gasteiger partial charge in [0.25, 0.3) is 5.69 Å². The number of nitro benzene ring substituents is 1. The molecule has 2 rings (SSSR count). The monoisotopic (exact) mass is 310 g/mol. The van der Waals surface area contributed by atoms with E-state index in [9.17, 15) is 10.1 Å². The van der Waals surface area contributed by atoms with Crippen molar-refractivity contribution in [3.8, 4) is 0 Å². The summed E-state index contributed by atoms with van der Waals surface area (Å²) in [5.74, 6) is 0. The van der Waals surface area contributed by atoms with Crippen LogP contribution >= 0.6 is 23.2 Å². The third-order valence-electron chi connectivity index (χ3n) is 2.90. The van der Waals surface area contributed by atoms with Gasteiger partial charge < -0.3 is 5.32 Å². The molecule has 0 spiro atoms. The summed E-state index contributed by atoms with van der Waals surface area (Å²) in [5, 5.41) is 14.9. The molecule has 0 aliphatic carbocycles. The van der Waals surface area contributed by atoms with Gasteiger partial charge in [-0.05, 0) is 24.6 Å². The van der Waals surface area contributed by atoms with E-state index in [1.54, 1.807) is 18.2 Å². The molecule has 2 aromatic rings. The SMILES string of the molecule is CC(Nc1cccc(Cl)c1Cl)c1cccc([N+](=O)[O-])c1. The third-order valence-corrected chi connectivity index (χ3v) is 3.72. The lowest BCUT2D eigenvalue weighted by Gasteiger charge is -2.17. The second kappa shape index (κ2) is 6.11. The summed E-state index contributed by atoms with van der Waals surface area (Å²) >= 11 is 12.1. The minimum absolute atomic E-state index is 0.0633. The van der Waals surface area contributed by atoms with E-state index in [2.05, 4.69) is 5.32 Å². The summed E-state index contributed by atoms with van der Waals surface area (Å²) < 4.78 is 0. The Kier molecular flexibility index (Phi) is 4.47. The Labute approximate surface area is 126 Å². The molecule has 0 heterocycles. The second-order valence-electron chi connectivity index (χ2n) is 4.32. The third kappa shape index (κ3) is 3.21. The van der Waals surface area contributed by atoms with Gasteiger partial charge in [0.15, 0.2) is 0 Å². The molecule has 0 aliphatic heterocycles. The van der Waals surface area contributed by atoms with Gasteiger partial charge in [-0.2, -0.15) is 0 Å². The number of hydrogen-bond acceptors (Lipinski definition) is 3. The van der Waals surface area contributed by atoms with Gasteiger partial charge in [-0.25, -0.2) is 0 Å². The van der Waals surface area contributed by atoms with Crippen molar-refractivity contribution in [3.05, 3.63) is 68.2 Å². The molecule has 0 radical (unpaired) electrons. The van der Waals surface area contributed by atoms with Crippen molar-refractivity contribution in [3.63, 3.8) is 0 Å². The number of non-ortho nitro benzene ring substituents is 1. The normalized spacial score (nSPS) is 11.9. The summed E-state index contributed by atoms with van der Waals surface area (Å²) in [5.41, 5.74) is 1.56. The van der Waals surface area contributed by atoms with Crippen molar-refractivity contribution in [1.29, 1.82) is 0 Å². The van der Waals surface area contributed by atoms with E-state index in [1.807, 2.05) is 19.1 Å². The highest BCUT2D eigenvalue weighted by molar-refractivity contribution is 6.43. The van der Waals surface area contributed by atoms with E-state index < -0.39 is 4.92 Å². The molecule has 0 fully saturated rings. The predicted molar refractivity (Wildman–Crippen MR) is 81.6 cm³/mol. The largest absolute Gasteiger partial charge is 0.377 e. The molecule has 1 N–H and O–H groups in total. The van der Waals surface area contributed by atoms with Crippen molar-refractivity contribution >= 4 is 34.6 Å². The van der Waals surface area contributed by atoms with Crippen LogP contribution in [-0.4, -0.2) is 4.92 Å². The van der Waals surface area contributed by atoms with Crippen LogP contribution in [-0.2, 0) is 0 Å². The highest BCUT2D eigenvalue weighted by Crippen LogP contribution is 2.32. The maximum absolute atomic E-state index is 10.8. The molecule has 4 nitrogen and oxygen atoms in total. The highest BCUT2D eigenvalue weighted by atomic mass is 35.5. The standard InChI is InChI=1S/C14H12Cl2N2O2/c1-9(10-4-2-5-11(8-10)18(19)20)17-13-7-3-6-12(15)14(13)16/h2-9,17H,1H3. The molecule has 0 saturated heterocycles. The number of benzene rings is 2. The molecule has 6 heteroatoms. The van der Waals surface area contributed by atoms with Crippen molar-refractivity contribution < 1.29 is 4.92 Å². The van der Waals surface area contributed by atoms with Crippen molar-refractivity contribution in [2.75, 3.05) is 5.32 Å². The quantitative estimate of drug-likeness (QED) is 0.633. The first kappa shape index (κ1) is 14.6. The predicted octanol–water partition coefficient (Wildman–Crippen LogP) is 5.07. The van der Waals surface area contributed by atoms with Crippen LogP contribution in [0.2, 0.25) is 10.0 Å². The van der Waals surface area contributed by atoms with Crippen LogP contribution in [0.15, 0.2) is 42.5 Å². The number of anilines is 1. The fourth-order valence-electron chi connectivity index (χ4n) is 1.84. The maximum atomic E-state index is 10.8. The van der Waals surface area contributed by atoms with Crippen LogP contribution in [0.25, 0.3) is 0 Å². The number of halogens is 2. The van der Waals surface area contributed by atoms with Crippen LogP contribution in [0.5, 0.6) is 0 Å². The number of rotatable bonds is 4. The average molecular weight is 311 g/mol. The Morgan fingerprint density at radius 3 is 2.60 bits per heavy atom. The zero-order valence-electron chi connectivity index (χ0n) is 10.6. The van der Waals surface area contributed by atoms with E-state index in [0.29, 0.717) is 15.7 Å². The van der Waals surface area contributed by atoms with Crippen LogP contribution in [0.1, 0.15) is 18.5 Å². The molecular formula is C14H12Cl2N2O2. The lowest BCUT2D eigenvalue weighted by atomic mass is 10.1. The van der Waals surface area contributed by atoms with Crippen molar-refractivity contribution in [2.24, 2.45) is 0 Å². The first-order chi connectivity index (χ1) is 9.49. The van der Waals surface area contributed by atoms with Crippen molar-refractivity contribution in [1.82, 2.24) is 0 Å². The van der Waals surface area contributed by atoms with E-state index in [-0.39, 0.29) is 11.7 Å². The van der Waals surface area contributed by atoms with E-state index >= 15 is 0 Å². The topological polar surface area (TPSA) is 55.2 Å². The summed E-state index contributed by atoms with van der Waals surface area (Å²) in [4.78, 5) is 10.4. The van der Waals surface area contributed by atoms with Crippen LogP contribution in [0, 0.1) is 10.1 Å². The Bertz CT molecular complexity index is 647. The van der Waals surface area contributed by atoms with Gasteiger partial charge in [0.2, 0.25) is 0 Å². The smallest absolute Gasteiger partial charge is 0.269 e. The van der Waals surface area contributed by atoms with Crippen LogP contribution in [0.3, 0.4) is 0 Å². The molecule has 2 aromatic carbocycles. The summed E-state index contributed by atoms with van der Waals surface area (Å²) in [6.07, 6.45) is 0. The van der Waals surface area contributed by atoms with Gasteiger partial charge in [-0.1, -0.05) is 41.4 Å². The first-order valence-corrected chi connectivity index (χ1v) is 6.69. The zero-order chi connectivity index (χ0) is 14.7. The van der Waals surface area contributed by atoms with Crippen molar-refractivity contribution in [2.45, 2.75) is 13.0 Å². The van der Waals surface area contributed by atoms with Gasteiger partial charge in [-0.15, -0.1) is 0 Å². The summed E-state index contributed by atoms with van der Waals surface area (Å²) in [6.45, 7) is 1.90. The summed E-state index contributed by atoms with van der Waals surface area (Å²) in [6, 6.07) is 11.6. The Balaban J connectivity index is 2.24. The van der Waals surface area contributed by atoms with Gasteiger partial charge in [0.1, 0.15) is 0 Å². The summed E-state index contributed by atoms with van der Waals surface area (Å²) in [7, 11) is 0. The molecule has 0 aromatic heterocycles. The molecule has 104 valence electrons. The van der Waals surface area contributed by atoms with Gasteiger partial charge in [0.05, 0.1) is 20.7 Å². The lowest BCUT2D eigenvalue weighted by molar-refractivity contribution is -0.384. The Morgan fingerprint density at radius 2 is 1.90 bits per heavy atom. The molecule has 1 unspecified atom stereocenters. The fourth-order valence-corrected chi connectivity index (χ4v) is 2.19. The minimum atomic E-state index is -0.414. The molecule has 0 amide bonds. The number of nitrogens with zero attached hydrogens (tertiary/aromatic N) is 1. The molecule has 0 aliphatic rings. The fraction of sp³-hybridized carbons (Fsp3) is 0.143. The van der Waals surface area contributed by atoms with Gasteiger partial charge >= 0.3 is 0 Å². The molecule has 0 bridgehead atoms. The minimum Gasteiger partial charge on any atom is -0.377 e. The Hall–Kier alpha value is -1.78. The van der Waals surface area contributed by atoms with E-state index in [0.717, 1.165) is 5.56 Å². The molecule has 1 atom stereocenters. The zero-order valence-corrected chi connectivity index (χ0v) is 12.2. The highest BCUT2D eigenvalue weighted by Gasteiger charge is 2.12. The molecule has 0 saturated carbocycles. The Morgan fingerprint density at radius 1 is 1.20 bits per heavy atom. The van der Waals surface area contributed by atoms with Gasteiger partial charge in [-0.3, -0.25) is 10.1 Å². The maximum Gasteiger partial charge on any atom is 0.269 e. The van der Waals surface area contributed by atoms with E-state index in [4.69, 9.17) is 23.2 Å². The molecule has 20 heavy (non-hydrogen) atoms. The lowest BCUT2D eigenvalue weighted by Crippen LogP contribution is -2.07. The van der Waals surface area contributed by atoms with Crippen LogP contribution in [0.4, 0.5) is 11.4 Å². The number of nitrogens with one attached hydrogen (secondary N) is 1. The number of hydrogen-bond donors (Lipinski definition) is 1. The average Bonchev–Trinajstić information content (AvgIpc) is 2.44. The van der Waals surface area contributed by atoms with Gasteiger partial charge in [0, 0.05) is 18.2 Å². The second-order valence-corrected chi connectivity index (χ2v) is 5.10. The number of nitro groups is 1. The van der Waals surface area contributed by atoms with Crippen LogP contribution < -0.4 is 5.32 Å². The first-order valence-electron chi connectivity index (χ1n) is 5.94. The van der Waals surface area contributed by atoms with E-state index in [1.165, 1.54) is 12.1 Å². The molecular weight excluding hydrogens is 299 g/mol.